The number of hydrogen-bond donors (Lipinski definition) is 1. The molecule has 0 spiro atoms. The molecule has 1 N–H and O–H groups in total. The smallest absolute Gasteiger partial charge is 0.228 e. The van der Waals surface area contributed by atoms with Gasteiger partial charge >= 0.3 is 0 Å². The van der Waals surface area contributed by atoms with Gasteiger partial charge in [0.15, 0.2) is 0 Å². The third-order valence-corrected chi connectivity index (χ3v) is 5.12. The summed E-state index contributed by atoms with van der Waals surface area (Å²) in [5.74, 6) is -1.38. The van der Waals surface area contributed by atoms with E-state index >= 15 is 0 Å². The maximum absolute atomic E-state index is 12.8. The number of carbonyl (C=O) groups excluding carboxylic acids is 1. The lowest BCUT2D eigenvalue weighted by Gasteiger charge is -2.47. The number of hydrogen-bond acceptors (Lipinski definition) is 4. The molecule has 1 aliphatic heterocycles. The minimum atomic E-state index is -1.03. The highest BCUT2D eigenvalue weighted by Gasteiger charge is 2.52. The van der Waals surface area contributed by atoms with Gasteiger partial charge in [0.1, 0.15) is 5.60 Å². The van der Waals surface area contributed by atoms with Crippen LogP contribution in [0.25, 0.3) is 0 Å². The van der Waals surface area contributed by atoms with Crippen LogP contribution in [-0.2, 0) is 19.3 Å². The molecule has 1 amide bonds. The van der Waals surface area contributed by atoms with Crippen molar-refractivity contribution in [2.24, 2.45) is 5.92 Å². The van der Waals surface area contributed by atoms with Gasteiger partial charge in [-0.3, -0.25) is 4.79 Å². The largest absolute Gasteiger partial charge is 0.356 e. The first-order valence-corrected chi connectivity index (χ1v) is 9.66. The molecule has 2 atom stereocenters. The highest BCUT2D eigenvalue weighted by molar-refractivity contribution is 5.79. The van der Waals surface area contributed by atoms with Crippen LogP contribution in [0.5, 0.6) is 0 Å². The highest BCUT2D eigenvalue weighted by Crippen LogP contribution is 2.43. The van der Waals surface area contributed by atoms with Crippen LogP contribution in [-0.4, -0.2) is 30.9 Å². The Morgan fingerprint density at radius 2 is 1.67 bits per heavy atom. The van der Waals surface area contributed by atoms with E-state index in [4.69, 9.17) is 14.5 Å². The lowest BCUT2D eigenvalue weighted by molar-refractivity contribution is -0.496. The average molecular weight is 344 g/mol. The van der Waals surface area contributed by atoms with Gasteiger partial charge in [-0.15, -0.1) is 0 Å². The zero-order chi connectivity index (χ0) is 18.1. The van der Waals surface area contributed by atoms with Crippen molar-refractivity contribution in [2.45, 2.75) is 96.9 Å². The summed E-state index contributed by atoms with van der Waals surface area (Å²) in [7, 11) is 1.57. The summed E-state index contributed by atoms with van der Waals surface area (Å²) >= 11 is 0. The zero-order valence-corrected chi connectivity index (χ0v) is 16.3. The van der Waals surface area contributed by atoms with Crippen LogP contribution in [0, 0.1) is 5.92 Å². The molecule has 0 bridgehead atoms. The summed E-state index contributed by atoms with van der Waals surface area (Å²) in [5, 5.41) is 3.04. The molecule has 5 nitrogen and oxygen atoms in total. The summed E-state index contributed by atoms with van der Waals surface area (Å²) in [4.78, 5) is 24.3. The molecule has 142 valence electrons. The first-order chi connectivity index (χ1) is 11.5. The molecule has 0 aromatic heterocycles. The Morgan fingerprint density at radius 1 is 1.08 bits per heavy atom. The number of unbranched alkanes of at least 4 members (excludes halogenated alkanes) is 3. The molecule has 1 fully saturated rings. The maximum atomic E-state index is 12.8. The Bertz CT molecular complexity index is 366. The van der Waals surface area contributed by atoms with E-state index in [0.717, 1.165) is 51.4 Å². The van der Waals surface area contributed by atoms with E-state index in [-0.39, 0.29) is 17.4 Å². The van der Waals surface area contributed by atoms with Crippen LogP contribution in [0.2, 0.25) is 0 Å². The first-order valence-electron chi connectivity index (χ1n) is 9.66. The van der Waals surface area contributed by atoms with Crippen LogP contribution in [0.15, 0.2) is 0 Å². The van der Waals surface area contributed by atoms with Crippen LogP contribution in [0.3, 0.4) is 0 Å². The number of nitrogens with one attached hydrogen (secondary N) is 1. The summed E-state index contributed by atoms with van der Waals surface area (Å²) in [5.41, 5.74) is -0.378. The monoisotopic (exact) mass is 343 g/mol. The van der Waals surface area contributed by atoms with Crippen molar-refractivity contribution in [3.05, 3.63) is 0 Å². The molecule has 24 heavy (non-hydrogen) atoms. The Kier molecular flexibility index (Phi) is 9.24. The SMILES string of the molecule is CCCCNC(=O)[C@@H]1CC(CCCC)(CCCC)OO[C@@]1(C)OC. The Balaban J connectivity index is 2.89. The Morgan fingerprint density at radius 3 is 2.17 bits per heavy atom. The van der Waals surface area contributed by atoms with Crippen LogP contribution >= 0.6 is 0 Å². The minimum Gasteiger partial charge on any atom is -0.356 e. The van der Waals surface area contributed by atoms with Crippen molar-refractivity contribution in [2.75, 3.05) is 13.7 Å². The van der Waals surface area contributed by atoms with Crippen molar-refractivity contribution in [1.82, 2.24) is 5.32 Å². The molecule has 0 radical (unpaired) electrons. The van der Waals surface area contributed by atoms with Crippen molar-refractivity contribution in [3.63, 3.8) is 0 Å². The van der Waals surface area contributed by atoms with Crippen molar-refractivity contribution in [3.8, 4) is 0 Å². The number of rotatable bonds is 11. The van der Waals surface area contributed by atoms with Gasteiger partial charge in [0.2, 0.25) is 11.7 Å². The zero-order valence-electron chi connectivity index (χ0n) is 16.3. The second-order valence-corrected chi connectivity index (χ2v) is 7.18. The van der Waals surface area contributed by atoms with Crippen LogP contribution in [0.4, 0.5) is 0 Å². The van der Waals surface area contributed by atoms with Crippen molar-refractivity contribution >= 4 is 5.91 Å². The molecule has 1 rings (SSSR count). The van der Waals surface area contributed by atoms with Crippen molar-refractivity contribution in [1.29, 1.82) is 0 Å². The summed E-state index contributed by atoms with van der Waals surface area (Å²) < 4.78 is 5.51. The van der Waals surface area contributed by atoms with E-state index in [9.17, 15) is 4.79 Å². The molecule has 0 aliphatic carbocycles. The second-order valence-electron chi connectivity index (χ2n) is 7.18. The van der Waals surface area contributed by atoms with E-state index in [1.165, 1.54) is 0 Å². The quantitative estimate of drug-likeness (QED) is 0.447. The highest BCUT2D eigenvalue weighted by atomic mass is 17.2. The standard InChI is InChI=1S/C19H37NO4/c1-6-9-12-19(13-10-7-2)15-16(17(21)20-14-11-8-3)18(4,22-5)23-24-19/h16H,6-15H2,1-5H3,(H,20,21)/t16-,18+/m0/s1. The number of ether oxygens (including phenoxy) is 1. The van der Waals surface area contributed by atoms with Gasteiger partial charge in [-0.1, -0.05) is 52.9 Å². The predicted molar refractivity (Wildman–Crippen MR) is 95.4 cm³/mol. The molecular weight excluding hydrogens is 306 g/mol. The fourth-order valence-electron chi connectivity index (χ4n) is 3.25. The van der Waals surface area contributed by atoms with Gasteiger partial charge in [0, 0.05) is 13.7 Å². The first kappa shape index (κ1) is 21.4. The summed E-state index contributed by atoms with van der Waals surface area (Å²) in [6, 6.07) is 0. The summed E-state index contributed by atoms with van der Waals surface area (Å²) in [6.45, 7) is 8.95. The molecule has 0 aromatic rings. The van der Waals surface area contributed by atoms with Crippen LogP contribution < -0.4 is 5.32 Å². The molecule has 1 heterocycles. The van der Waals surface area contributed by atoms with Gasteiger partial charge in [0.25, 0.3) is 0 Å². The lowest BCUT2D eigenvalue weighted by Crippen LogP contribution is -2.57. The molecule has 5 heteroatoms. The second kappa shape index (κ2) is 10.4. The number of methoxy groups -OCH3 is 1. The lowest BCUT2D eigenvalue weighted by atomic mass is 9.78. The van der Waals surface area contributed by atoms with E-state index in [2.05, 4.69) is 26.1 Å². The van der Waals surface area contributed by atoms with Gasteiger partial charge in [-0.05, 0) is 32.6 Å². The minimum absolute atomic E-state index is 0.00784. The molecule has 0 unspecified atom stereocenters. The van der Waals surface area contributed by atoms with Gasteiger partial charge < -0.3 is 10.1 Å². The summed E-state index contributed by atoms with van der Waals surface area (Å²) in [6.07, 6.45) is 8.87. The van der Waals surface area contributed by atoms with Crippen LogP contribution in [0.1, 0.15) is 85.5 Å². The normalized spacial score (nSPS) is 26.3. The fraction of sp³-hybridized carbons (Fsp3) is 0.947. The Labute approximate surface area is 147 Å². The Hall–Kier alpha value is -0.650. The molecular formula is C19H37NO4. The van der Waals surface area contributed by atoms with E-state index in [1.54, 1.807) is 14.0 Å². The maximum Gasteiger partial charge on any atom is 0.228 e. The molecule has 0 aromatic carbocycles. The topological polar surface area (TPSA) is 56.8 Å². The molecule has 1 aliphatic rings. The van der Waals surface area contributed by atoms with E-state index in [0.29, 0.717) is 13.0 Å². The fourth-order valence-corrected chi connectivity index (χ4v) is 3.25. The van der Waals surface area contributed by atoms with E-state index < -0.39 is 5.79 Å². The van der Waals surface area contributed by atoms with Gasteiger partial charge in [-0.2, -0.15) is 4.89 Å². The number of carbonyl (C=O) groups is 1. The van der Waals surface area contributed by atoms with Gasteiger partial charge in [-0.25, -0.2) is 4.89 Å². The van der Waals surface area contributed by atoms with E-state index in [1.807, 2.05) is 0 Å². The third kappa shape index (κ3) is 5.71. The third-order valence-electron chi connectivity index (χ3n) is 5.12. The van der Waals surface area contributed by atoms with Gasteiger partial charge in [0.05, 0.1) is 5.92 Å². The molecule has 1 saturated heterocycles. The predicted octanol–water partition coefficient (Wildman–Crippen LogP) is 4.35. The molecule has 0 saturated carbocycles. The number of amides is 1. The average Bonchev–Trinajstić information content (AvgIpc) is 2.60. The van der Waals surface area contributed by atoms with Crippen molar-refractivity contribution < 1.29 is 19.3 Å².